The van der Waals surface area contributed by atoms with Crippen LogP contribution in [0.15, 0.2) is 52.1 Å². The van der Waals surface area contributed by atoms with E-state index in [1.165, 1.54) is 11.3 Å². The lowest BCUT2D eigenvalue weighted by molar-refractivity contribution is 0.372. The number of nitrogens with zero attached hydrogens (tertiary/aromatic N) is 5. The van der Waals surface area contributed by atoms with Crippen LogP contribution in [0.4, 0.5) is 5.69 Å². The maximum Gasteiger partial charge on any atom is 0.216 e. The molecule has 0 atom stereocenters. The van der Waals surface area contributed by atoms with Gasteiger partial charge in [0.2, 0.25) is 5.82 Å². The van der Waals surface area contributed by atoms with Gasteiger partial charge in [0.1, 0.15) is 5.82 Å². The molecule has 8 nitrogen and oxygen atoms in total. The van der Waals surface area contributed by atoms with Crippen LogP contribution in [-0.4, -0.2) is 65.3 Å². The van der Waals surface area contributed by atoms with Crippen molar-refractivity contribution in [3.05, 3.63) is 54.0 Å². The van der Waals surface area contributed by atoms with Crippen molar-refractivity contribution in [1.29, 1.82) is 0 Å². The van der Waals surface area contributed by atoms with Gasteiger partial charge in [0.15, 0.2) is 11.7 Å². The molecule has 166 valence electrons. The number of aromatic nitrogens is 3. The summed E-state index contributed by atoms with van der Waals surface area (Å²) in [5, 5.41) is 10.6. The van der Waals surface area contributed by atoms with Gasteiger partial charge in [-0.05, 0) is 43.7 Å². The Balaban J connectivity index is 0.00000272. The monoisotopic (exact) mass is 535 g/mol. The number of aryl methyl sites for hydroxylation is 1. The summed E-state index contributed by atoms with van der Waals surface area (Å²) in [6.07, 6.45) is 2.32. The number of furan rings is 1. The van der Waals surface area contributed by atoms with Gasteiger partial charge in [-0.25, -0.2) is 4.98 Å². The number of rotatable bonds is 6. The molecule has 0 saturated carbocycles. The van der Waals surface area contributed by atoms with Crippen molar-refractivity contribution >= 4 is 35.6 Å². The van der Waals surface area contributed by atoms with Crippen LogP contribution >= 0.6 is 24.0 Å². The number of aromatic amines is 1. The number of H-pyrrole nitrogens is 1. The standard InChI is InChI=1S/C22H29N7O.HI/c1-3-23-22(24-10-9-20-25-21(27-26-20)19-8-5-15-30-19)29-13-11-28(12-14-29)18-7-4-6-17(2)16-18;/h4-8,15-16H,3,9-14H2,1-2H3,(H,23,24)(H,25,26,27);1H. The maximum absolute atomic E-state index is 5.34. The number of piperazine rings is 1. The zero-order chi connectivity index (χ0) is 20.8. The lowest BCUT2D eigenvalue weighted by Crippen LogP contribution is -2.52. The van der Waals surface area contributed by atoms with Gasteiger partial charge in [-0.2, -0.15) is 5.10 Å². The highest BCUT2D eigenvalue weighted by Crippen LogP contribution is 2.18. The third-order valence-corrected chi connectivity index (χ3v) is 5.16. The minimum atomic E-state index is 0. The summed E-state index contributed by atoms with van der Waals surface area (Å²) < 4.78 is 5.34. The van der Waals surface area contributed by atoms with Gasteiger partial charge in [0.25, 0.3) is 0 Å². The predicted octanol–water partition coefficient (Wildman–Crippen LogP) is 3.32. The van der Waals surface area contributed by atoms with Crippen molar-refractivity contribution < 1.29 is 4.42 Å². The van der Waals surface area contributed by atoms with Crippen LogP contribution in [0.5, 0.6) is 0 Å². The van der Waals surface area contributed by atoms with E-state index in [2.05, 4.69) is 68.4 Å². The van der Waals surface area contributed by atoms with Crippen LogP contribution in [0.25, 0.3) is 11.6 Å². The Kier molecular flexibility index (Phi) is 8.33. The van der Waals surface area contributed by atoms with Gasteiger partial charge in [-0.15, -0.1) is 24.0 Å². The molecular weight excluding hydrogens is 505 g/mol. The van der Waals surface area contributed by atoms with Crippen LogP contribution in [0.1, 0.15) is 18.3 Å². The molecule has 9 heteroatoms. The highest BCUT2D eigenvalue weighted by molar-refractivity contribution is 14.0. The molecule has 2 aromatic heterocycles. The zero-order valence-corrected chi connectivity index (χ0v) is 20.4. The van der Waals surface area contributed by atoms with Gasteiger partial charge < -0.3 is 19.5 Å². The predicted molar refractivity (Wildman–Crippen MR) is 134 cm³/mol. The fraction of sp³-hybridized carbons (Fsp3) is 0.409. The van der Waals surface area contributed by atoms with E-state index in [1.807, 2.05) is 12.1 Å². The normalized spacial score (nSPS) is 14.5. The Bertz CT molecular complexity index is 962. The van der Waals surface area contributed by atoms with Gasteiger partial charge in [0.05, 0.1) is 6.26 Å². The quantitative estimate of drug-likeness (QED) is 0.286. The van der Waals surface area contributed by atoms with Crippen molar-refractivity contribution in [2.45, 2.75) is 20.3 Å². The second kappa shape index (κ2) is 11.2. The summed E-state index contributed by atoms with van der Waals surface area (Å²) in [5.74, 6) is 3.02. The molecule has 3 aromatic rings. The molecule has 1 aromatic carbocycles. The largest absolute Gasteiger partial charge is 0.461 e. The molecule has 0 aliphatic carbocycles. The smallest absolute Gasteiger partial charge is 0.216 e. The SMILES string of the molecule is CCNC(=NCCc1nc(-c2ccco2)n[nH]1)N1CCN(c2cccc(C)c2)CC1.I. The topological polar surface area (TPSA) is 85.6 Å². The van der Waals surface area contributed by atoms with Crippen LogP contribution in [-0.2, 0) is 6.42 Å². The van der Waals surface area contributed by atoms with Crippen LogP contribution in [0, 0.1) is 6.92 Å². The summed E-state index contributed by atoms with van der Waals surface area (Å²) in [4.78, 5) is 14.1. The Hall–Kier alpha value is -2.56. The molecule has 1 aliphatic heterocycles. The molecule has 2 N–H and O–H groups in total. The summed E-state index contributed by atoms with van der Waals surface area (Å²) in [6.45, 7) is 9.61. The molecule has 1 aliphatic rings. The summed E-state index contributed by atoms with van der Waals surface area (Å²) >= 11 is 0. The van der Waals surface area contributed by atoms with Crippen LogP contribution in [0.3, 0.4) is 0 Å². The van der Waals surface area contributed by atoms with Crippen molar-refractivity contribution in [2.24, 2.45) is 4.99 Å². The first-order chi connectivity index (χ1) is 14.7. The van der Waals surface area contributed by atoms with E-state index >= 15 is 0 Å². The van der Waals surface area contributed by atoms with Crippen LogP contribution < -0.4 is 10.2 Å². The van der Waals surface area contributed by atoms with Gasteiger partial charge in [-0.3, -0.25) is 10.1 Å². The van der Waals surface area contributed by atoms with Gasteiger partial charge in [0, 0.05) is 51.4 Å². The first-order valence-corrected chi connectivity index (χ1v) is 10.5. The van der Waals surface area contributed by atoms with Crippen LogP contribution in [0.2, 0.25) is 0 Å². The number of guanidine groups is 1. The lowest BCUT2D eigenvalue weighted by atomic mass is 10.2. The average Bonchev–Trinajstić information content (AvgIpc) is 3.45. The van der Waals surface area contributed by atoms with E-state index in [0.717, 1.165) is 44.5 Å². The highest BCUT2D eigenvalue weighted by Gasteiger charge is 2.20. The first-order valence-electron chi connectivity index (χ1n) is 10.5. The van der Waals surface area contributed by atoms with Crippen molar-refractivity contribution in [1.82, 2.24) is 25.4 Å². The van der Waals surface area contributed by atoms with E-state index in [0.29, 0.717) is 24.6 Å². The fourth-order valence-electron chi connectivity index (χ4n) is 3.62. The molecule has 1 fully saturated rings. The lowest BCUT2D eigenvalue weighted by Gasteiger charge is -2.37. The molecule has 4 rings (SSSR count). The minimum Gasteiger partial charge on any atom is -0.461 e. The number of anilines is 1. The first kappa shape index (κ1) is 23.1. The van der Waals surface area contributed by atoms with E-state index in [4.69, 9.17) is 9.41 Å². The molecule has 0 radical (unpaired) electrons. The molecule has 0 unspecified atom stereocenters. The number of benzene rings is 1. The second-order valence-corrected chi connectivity index (χ2v) is 7.38. The Morgan fingerprint density at radius 3 is 2.74 bits per heavy atom. The number of hydrogen-bond donors (Lipinski definition) is 2. The van der Waals surface area contributed by atoms with Crippen molar-refractivity contribution in [3.8, 4) is 11.6 Å². The molecular formula is C22H30IN7O. The summed E-state index contributed by atoms with van der Waals surface area (Å²) in [5.41, 5.74) is 2.60. The maximum atomic E-state index is 5.34. The molecule has 1 saturated heterocycles. The van der Waals surface area contributed by atoms with Gasteiger partial charge in [-0.1, -0.05) is 12.1 Å². The van der Waals surface area contributed by atoms with E-state index < -0.39 is 0 Å². The number of aliphatic imine (C=N–C) groups is 1. The number of nitrogens with one attached hydrogen (secondary N) is 2. The minimum absolute atomic E-state index is 0. The van der Waals surface area contributed by atoms with Gasteiger partial charge >= 0.3 is 0 Å². The second-order valence-electron chi connectivity index (χ2n) is 7.38. The van der Waals surface area contributed by atoms with E-state index in [1.54, 1.807) is 6.26 Å². The third kappa shape index (κ3) is 5.99. The number of hydrogen-bond acceptors (Lipinski definition) is 5. The Morgan fingerprint density at radius 2 is 2.03 bits per heavy atom. The Labute approximate surface area is 200 Å². The summed E-state index contributed by atoms with van der Waals surface area (Å²) in [6, 6.07) is 12.4. The Morgan fingerprint density at radius 1 is 1.19 bits per heavy atom. The summed E-state index contributed by atoms with van der Waals surface area (Å²) in [7, 11) is 0. The molecule has 3 heterocycles. The van der Waals surface area contributed by atoms with E-state index in [9.17, 15) is 0 Å². The average molecular weight is 535 g/mol. The molecule has 0 bridgehead atoms. The fourth-order valence-corrected chi connectivity index (χ4v) is 3.62. The molecule has 0 amide bonds. The van der Waals surface area contributed by atoms with Crippen molar-refractivity contribution in [2.75, 3.05) is 44.2 Å². The van der Waals surface area contributed by atoms with Crippen molar-refractivity contribution in [3.63, 3.8) is 0 Å². The molecule has 0 spiro atoms. The third-order valence-electron chi connectivity index (χ3n) is 5.16. The zero-order valence-electron chi connectivity index (χ0n) is 18.0. The van der Waals surface area contributed by atoms with E-state index in [-0.39, 0.29) is 24.0 Å². The number of halogens is 1. The molecule has 31 heavy (non-hydrogen) atoms. The highest BCUT2D eigenvalue weighted by atomic mass is 127.